The largest absolute Gasteiger partial charge is 0.478 e. The Morgan fingerprint density at radius 3 is 2.71 bits per heavy atom. The highest BCUT2D eigenvalue weighted by atomic mass is 32.2. The van der Waals surface area contributed by atoms with Crippen LogP contribution in [0.25, 0.3) is 0 Å². The second kappa shape index (κ2) is 5.65. The lowest BCUT2D eigenvalue weighted by Gasteiger charge is -2.08. The number of aromatic carboxylic acids is 1. The number of hydrogen-bond donors (Lipinski definition) is 3. The fraction of sp³-hybridized carbons (Fsp3) is 0.300. The summed E-state index contributed by atoms with van der Waals surface area (Å²) in [5.41, 5.74) is 0.245. The molecule has 0 atom stereocenters. The van der Waals surface area contributed by atoms with E-state index in [9.17, 15) is 13.2 Å². The van der Waals surface area contributed by atoms with Crippen LogP contribution >= 0.6 is 0 Å². The van der Waals surface area contributed by atoms with Gasteiger partial charge < -0.3 is 5.11 Å². The minimum absolute atomic E-state index is 0.0284. The van der Waals surface area contributed by atoms with Gasteiger partial charge in [0.25, 0.3) is 10.2 Å². The molecule has 0 aliphatic heterocycles. The van der Waals surface area contributed by atoms with E-state index in [4.69, 9.17) is 5.11 Å². The van der Waals surface area contributed by atoms with Crippen LogP contribution in [0.3, 0.4) is 0 Å². The predicted molar refractivity (Wildman–Crippen MR) is 64.2 cm³/mol. The monoisotopic (exact) mass is 258 g/mol. The number of carbonyl (C=O) groups is 1. The van der Waals surface area contributed by atoms with Gasteiger partial charge in [-0.2, -0.15) is 13.1 Å². The van der Waals surface area contributed by atoms with Gasteiger partial charge in [-0.25, -0.2) is 4.79 Å². The maximum Gasteiger partial charge on any atom is 0.335 e. The van der Waals surface area contributed by atoms with Crippen molar-refractivity contribution in [1.29, 1.82) is 0 Å². The number of anilines is 1. The molecule has 1 rings (SSSR count). The maximum atomic E-state index is 11.5. The first-order valence-electron chi connectivity index (χ1n) is 5.05. The minimum atomic E-state index is -3.63. The molecule has 0 fully saturated rings. The van der Waals surface area contributed by atoms with E-state index < -0.39 is 16.2 Å². The van der Waals surface area contributed by atoms with Gasteiger partial charge in [-0.05, 0) is 24.6 Å². The molecular weight excluding hydrogens is 244 g/mol. The van der Waals surface area contributed by atoms with E-state index >= 15 is 0 Å². The molecule has 0 heterocycles. The Kier molecular flexibility index (Phi) is 4.47. The van der Waals surface area contributed by atoms with Crippen molar-refractivity contribution in [1.82, 2.24) is 4.72 Å². The third-order valence-electron chi connectivity index (χ3n) is 1.90. The molecular formula is C10H14N2O4S. The molecule has 0 saturated heterocycles. The second-order valence-electron chi connectivity index (χ2n) is 3.39. The first-order valence-corrected chi connectivity index (χ1v) is 6.53. The van der Waals surface area contributed by atoms with Gasteiger partial charge in [-0.15, -0.1) is 0 Å². The molecule has 0 unspecified atom stereocenters. The van der Waals surface area contributed by atoms with E-state index in [-0.39, 0.29) is 11.3 Å². The molecule has 0 bridgehead atoms. The van der Waals surface area contributed by atoms with Crippen LogP contribution in [0.4, 0.5) is 5.69 Å². The topological polar surface area (TPSA) is 95.5 Å². The number of carboxylic acid groups (broad SMARTS) is 1. The molecule has 1 aromatic carbocycles. The first kappa shape index (κ1) is 13.5. The van der Waals surface area contributed by atoms with E-state index in [2.05, 4.69) is 9.44 Å². The second-order valence-corrected chi connectivity index (χ2v) is 4.89. The zero-order chi connectivity index (χ0) is 12.9. The van der Waals surface area contributed by atoms with Crippen LogP contribution in [-0.2, 0) is 10.2 Å². The molecule has 0 spiro atoms. The van der Waals surface area contributed by atoms with Gasteiger partial charge in [-0.1, -0.05) is 13.0 Å². The van der Waals surface area contributed by atoms with Gasteiger partial charge in [0.2, 0.25) is 0 Å². The Morgan fingerprint density at radius 2 is 2.12 bits per heavy atom. The van der Waals surface area contributed by atoms with E-state index in [0.29, 0.717) is 13.0 Å². The van der Waals surface area contributed by atoms with Crippen molar-refractivity contribution in [3.63, 3.8) is 0 Å². The normalized spacial score (nSPS) is 11.1. The number of rotatable bonds is 6. The van der Waals surface area contributed by atoms with E-state index in [0.717, 1.165) is 0 Å². The molecule has 0 radical (unpaired) electrons. The van der Waals surface area contributed by atoms with Crippen molar-refractivity contribution in [2.45, 2.75) is 13.3 Å². The van der Waals surface area contributed by atoms with Gasteiger partial charge >= 0.3 is 5.97 Å². The summed E-state index contributed by atoms with van der Waals surface area (Å²) in [7, 11) is -3.63. The molecule has 6 nitrogen and oxygen atoms in total. The van der Waals surface area contributed by atoms with Crippen LogP contribution in [0.2, 0.25) is 0 Å². The smallest absolute Gasteiger partial charge is 0.335 e. The van der Waals surface area contributed by atoms with E-state index in [1.165, 1.54) is 24.3 Å². The summed E-state index contributed by atoms with van der Waals surface area (Å²) in [6.45, 7) is 2.17. The number of benzene rings is 1. The van der Waals surface area contributed by atoms with Gasteiger partial charge in [-0.3, -0.25) is 4.72 Å². The highest BCUT2D eigenvalue weighted by molar-refractivity contribution is 7.90. The minimum Gasteiger partial charge on any atom is -0.478 e. The van der Waals surface area contributed by atoms with Crippen LogP contribution in [0.15, 0.2) is 24.3 Å². The van der Waals surface area contributed by atoms with Crippen molar-refractivity contribution in [2.24, 2.45) is 0 Å². The van der Waals surface area contributed by atoms with Crippen molar-refractivity contribution in [3.8, 4) is 0 Å². The number of carboxylic acids is 1. The van der Waals surface area contributed by atoms with Crippen LogP contribution in [0.5, 0.6) is 0 Å². The summed E-state index contributed by atoms with van der Waals surface area (Å²) in [5.74, 6) is -1.10. The Labute approximate surface area is 99.8 Å². The Balaban J connectivity index is 2.81. The zero-order valence-corrected chi connectivity index (χ0v) is 10.1. The quantitative estimate of drug-likeness (QED) is 0.710. The van der Waals surface area contributed by atoms with Crippen molar-refractivity contribution in [3.05, 3.63) is 29.8 Å². The van der Waals surface area contributed by atoms with E-state index in [1.807, 2.05) is 6.92 Å². The molecule has 0 amide bonds. The van der Waals surface area contributed by atoms with Crippen molar-refractivity contribution < 1.29 is 18.3 Å². The lowest BCUT2D eigenvalue weighted by molar-refractivity contribution is 0.0697. The third kappa shape index (κ3) is 4.41. The number of nitrogens with one attached hydrogen (secondary N) is 2. The molecule has 7 heteroatoms. The lowest BCUT2D eigenvalue weighted by atomic mass is 10.2. The van der Waals surface area contributed by atoms with Crippen molar-refractivity contribution in [2.75, 3.05) is 11.3 Å². The summed E-state index contributed by atoms with van der Waals surface area (Å²) in [4.78, 5) is 10.7. The lowest BCUT2D eigenvalue weighted by Crippen LogP contribution is -2.30. The molecule has 17 heavy (non-hydrogen) atoms. The Hall–Kier alpha value is -1.60. The molecule has 94 valence electrons. The Bertz CT molecular complexity index is 499. The van der Waals surface area contributed by atoms with Gasteiger partial charge in [0.15, 0.2) is 0 Å². The van der Waals surface area contributed by atoms with Crippen LogP contribution in [-0.4, -0.2) is 26.0 Å². The maximum absolute atomic E-state index is 11.5. The fourth-order valence-corrected chi connectivity index (χ4v) is 2.13. The number of hydrogen-bond acceptors (Lipinski definition) is 3. The average Bonchev–Trinajstić information content (AvgIpc) is 2.26. The molecule has 0 aliphatic rings. The fourth-order valence-electron chi connectivity index (χ4n) is 1.14. The Morgan fingerprint density at radius 1 is 1.41 bits per heavy atom. The van der Waals surface area contributed by atoms with Gasteiger partial charge in [0.1, 0.15) is 0 Å². The van der Waals surface area contributed by atoms with E-state index in [1.54, 1.807) is 0 Å². The molecule has 0 saturated carbocycles. The third-order valence-corrected chi connectivity index (χ3v) is 2.99. The summed E-state index contributed by atoms with van der Waals surface area (Å²) in [6, 6.07) is 5.60. The van der Waals surface area contributed by atoms with Gasteiger partial charge in [0, 0.05) is 6.54 Å². The SMILES string of the molecule is CCCNS(=O)(=O)Nc1cccc(C(=O)O)c1. The average molecular weight is 258 g/mol. The highest BCUT2D eigenvalue weighted by Crippen LogP contribution is 2.11. The van der Waals surface area contributed by atoms with Crippen LogP contribution < -0.4 is 9.44 Å². The summed E-state index contributed by atoms with van der Waals surface area (Å²) in [6.07, 6.45) is 0.677. The summed E-state index contributed by atoms with van der Waals surface area (Å²) in [5, 5.41) is 8.76. The predicted octanol–water partition coefficient (Wildman–Crippen LogP) is 1.04. The van der Waals surface area contributed by atoms with Crippen LogP contribution in [0, 0.1) is 0 Å². The summed E-state index contributed by atoms with van der Waals surface area (Å²) >= 11 is 0. The standard InChI is InChI=1S/C10H14N2O4S/c1-2-6-11-17(15,16)12-9-5-3-4-8(7-9)10(13)14/h3-5,7,11-12H,2,6H2,1H3,(H,13,14). The van der Waals surface area contributed by atoms with Crippen molar-refractivity contribution >= 4 is 21.9 Å². The zero-order valence-electron chi connectivity index (χ0n) is 9.30. The first-order chi connectivity index (χ1) is 7.94. The van der Waals surface area contributed by atoms with Gasteiger partial charge in [0.05, 0.1) is 11.3 Å². The molecule has 0 aliphatic carbocycles. The van der Waals surface area contributed by atoms with Crippen LogP contribution in [0.1, 0.15) is 23.7 Å². The summed E-state index contributed by atoms with van der Waals surface area (Å²) < 4.78 is 27.5. The highest BCUT2D eigenvalue weighted by Gasteiger charge is 2.10. The molecule has 0 aromatic heterocycles. The molecule has 1 aromatic rings. The molecule has 3 N–H and O–H groups in total.